The van der Waals surface area contributed by atoms with Gasteiger partial charge in [0.1, 0.15) is 16.6 Å². The van der Waals surface area contributed by atoms with Crippen LogP contribution in [0.15, 0.2) is 35.9 Å². The van der Waals surface area contributed by atoms with E-state index in [1.807, 2.05) is 36.4 Å². The van der Waals surface area contributed by atoms with Crippen LogP contribution in [0.5, 0.6) is 0 Å². The molecule has 3 N–H and O–H groups in total. The maximum absolute atomic E-state index is 12.6. The van der Waals surface area contributed by atoms with Crippen molar-refractivity contribution in [3.8, 4) is 6.07 Å². The van der Waals surface area contributed by atoms with Gasteiger partial charge in [0.25, 0.3) is 11.8 Å². The molecular weight excluding hydrogens is 346 g/mol. The summed E-state index contributed by atoms with van der Waals surface area (Å²) in [7, 11) is 0. The van der Waals surface area contributed by atoms with E-state index in [0.29, 0.717) is 16.5 Å². The van der Waals surface area contributed by atoms with Crippen molar-refractivity contribution < 1.29 is 9.59 Å². The molecule has 0 saturated carbocycles. The van der Waals surface area contributed by atoms with Gasteiger partial charge in [-0.2, -0.15) is 5.26 Å². The minimum absolute atomic E-state index is 0.0219. The van der Waals surface area contributed by atoms with Gasteiger partial charge in [0.15, 0.2) is 0 Å². The Kier molecular flexibility index (Phi) is 5.19. The van der Waals surface area contributed by atoms with Gasteiger partial charge in [-0.05, 0) is 42.4 Å². The summed E-state index contributed by atoms with van der Waals surface area (Å²) in [5.74, 6) is -0.540. The standard InChI is InChI=1S/C20H19N3O2S/c1-12-7-8-15-16(9-12)26-20(17(15)18(22)24)23-19(25)14(11-21)10-13-5-3-2-4-6-13/h2-6,10,12H,7-9H2,1H3,(H2,22,24)(H,23,25)/b14-10+/t12-/m1/s1. The van der Waals surface area contributed by atoms with Crippen molar-refractivity contribution in [1.29, 1.82) is 5.26 Å². The molecule has 0 bridgehead atoms. The lowest BCUT2D eigenvalue weighted by atomic mass is 9.88. The van der Waals surface area contributed by atoms with Crippen LogP contribution in [-0.4, -0.2) is 11.8 Å². The normalized spacial score (nSPS) is 16.5. The van der Waals surface area contributed by atoms with Crippen LogP contribution in [0, 0.1) is 17.2 Å². The largest absolute Gasteiger partial charge is 0.365 e. The predicted molar refractivity (Wildman–Crippen MR) is 103 cm³/mol. The average Bonchev–Trinajstić information content (AvgIpc) is 2.97. The Morgan fingerprint density at radius 1 is 1.35 bits per heavy atom. The van der Waals surface area contributed by atoms with Crippen molar-refractivity contribution in [3.05, 3.63) is 57.5 Å². The number of primary amides is 1. The summed E-state index contributed by atoms with van der Waals surface area (Å²) in [6, 6.07) is 11.1. The third-order valence-corrected chi connectivity index (χ3v) is 5.63. The first-order chi connectivity index (χ1) is 12.5. The molecular formula is C20H19N3O2S. The van der Waals surface area contributed by atoms with Gasteiger partial charge in [-0.3, -0.25) is 9.59 Å². The summed E-state index contributed by atoms with van der Waals surface area (Å²) in [4.78, 5) is 25.6. The number of nitrogens with zero attached hydrogens (tertiary/aromatic N) is 1. The zero-order valence-corrected chi connectivity index (χ0v) is 15.2. The van der Waals surface area contributed by atoms with E-state index >= 15 is 0 Å². The highest BCUT2D eigenvalue weighted by molar-refractivity contribution is 7.17. The van der Waals surface area contributed by atoms with Crippen molar-refractivity contribution in [1.82, 2.24) is 0 Å². The maximum Gasteiger partial charge on any atom is 0.266 e. The number of fused-ring (bicyclic) bond motifs is 1. The molecule has 132 valence electrons. The van der Waals surface area contributed by atoms with E-state index in [9.17, 15) is 14.9 Å². The Bertz CT molecular complexity index is 923. The monoisotopic (exact) mass is 365 g/mol. The minimum Gasteiger partial charge on any atom is -0.365 e. The Balaban J connectivity index is 1.91. The van der Waals surface area contributed by atoms with E-state index in [1.165, 1.54) is 17.4 Å². The van der Waals surface area contributed by atoms with Crippen LogP contribution in [0.1, 0.15) is 39.7 Å². The van der Waals surface area contributed by atoms with Gasteiger partial charge in [0.05, 0.1) is 5.56 Å². The highest BCUT2D eigenvalue weighted by atomic mass is 32.1. The van der Waals surface area contributed by atoms with E-state index in [0.717, 1.165) is 35.3 Å². The topological polar surface area (TPSA) is 96.0 Å². The first-order valence-corrected chi connectivity index (χ1v) is 9.23. The number of rotatable bonds is 4. The van der Waals surface area contributed by atoms with Gasteiger partial charge in [0, 0.05) is 4.88 Å². The number of anilines is 1. The first-order valence-electron chi connectivity index (χ1n) is 8.42. The molecule has 0 unspecified atom stereocenters. The Hall–Kier alpha value is -2.91. The Morgan fingerprint density at radius 2 is 2.08 bits per heavy atom. The van der Waals surface area contributed by atoms with E-state index in [1.54, 1.807) is 0 Å². The molecule has 0 aliphatic heterocycles. The molecule has 2 amide bonds. The smallest absolute Gasteiger partial charge is 0.266 e. The molecule has 2 aromatic rings. The second-order valence-corrected chi connectivity index (χ2v) is 7.56. The number of carbonyl (C=O) groups is 2. The van der Waals surface area contributed by atoms with Crippen LogP contribution in [0.3, 0.4) is 0 Å². The van der Waals surface area contributed by atoms with Crippen LogP contribution < -0.4 is 11.1 Å². The van der Waals surface area contributed by atoms with Crippen LogP contribution >= 0.6 is 11.3 Å². The van der Waals surface area contributed by atoms with Crippen molar-refractivity contribution in [3.63, 3.8) is 0 Å². The summed E-state index contributed by atoms with van der Waals surface area (Å²) in [6.07, 6.45) is 4.18. The number of amides is 2. The molecule has 0 saturated heterocycles. The second-order valence-electron chi connectivity index (χ2n) is 6.45. The van der Waals surface area contributed by atoms with Gasteiger partial charge in [-0.1, -0.05) is 37.3 Å². The first kappa shape index (κ1) is 17.9. The zero-order valence-electron chi connectivity index (χ0n) is 14.4. The molecule has 0 radical (unpaired) electrons. The lowest BCUT2D eigenvalue weighted by Gasteiger charge is -2.18. The van der Waals surface area contributed by atoms with Gasteiger partial charge in [-0.15, -0.1) is 11.3 Å². The van der Waals surface area contributed by atoms with Crippen molar-refractivity contribution in [2.75, 3.05) is 5.32 Å². The number of hydrogen-bond acceptors (Lipinski definition) is 4. The fraction of sp³-hybridized carbons (Fsp3) is 0.250. The summed E-state index contributed by atoms with van der Waals surface area (Å²) >= 11 is 1.39. The molecule has 1 heterocycles. The summed E-state index contributed by atoms with van der Waals surface area (Å²) in [6.45, 7) is 2.17. The van der Waals surface area contributed by atoms with Crippen molar-refractivity contribution in [2.24, 2.45) is 11.7 Å². The van der Waals surface area contributed by atoms with Crippen LogP contribution in [0.25, 0.3) is 6.08 Å². The molecule has 26 heavy (non-hydrogen) atoms. The molecule has 1 aromatic heterocycles. The fourth-order valence-corrected chi connectivity index (χ4v) is 4.55. The fourth-order valence-electron chi connectivity index (χ4n) is 3.13. The molecule has 1 atom stereocenters. The zero-order chi connectivity index (χ0) is 18.7. The Morgan fingerprint density at radius 3 is 2.73 bits per heavy atom. The van der Waals surface area contributed by atoms with Gasteiger partial charge >= 0.3 is 0 Å². The SMILES string of the molecule is C[C@@H]1CCc2c(sc(NC(=O)/C(C#N)=C/c3ccccc3)c2C(N)=O)C1. The van der Waals surface area contributed by atoms with Crippen LogP contribution in [0.2, 0.25) is 0 Å². The number of nitriles is 1. The molecule has 1 aliphatic carbocycles. The molecule has 3 rings (SSSR count). The van der Waals surface area contributed by atoms with Crippen LogP contribution in [-0.2, 0) is 17.6 Å². The van der Waals surface area contributed by atoms with Crippen molar-refractivity contribution >= 4 is 34.2 Å². The van der Waals surface area contributed by atoms with E-state index in [-0.39, 0.29) is 5.57 Å². The van der Waals surface area contributed by atoms with Crippen molar-refractivity contribution in [2.45, 2.75) is 26.2 Å². The summed E-state index contributed by atoms with van der Waals surface area (Å²) < 4.78 is 0. The molecule has 0 spiro atoms. The molecule has 6 heteroatoms. The molecule has 1 aromatic carbocycles. The molecule has 1 aliphatic rings. The maximum atomic E-state index is 12.6. The minimum atomic E-state index is -0.544. The highest BCUT2D eigenvalue weighted by Gasteiger charge is 2.27. The van der Waals surface area contributed by atoms with Crippen LogP contribution in [0.4, 0.5) is 5.00 Å². The van der Waals surface area contributed by atoms with Gasteiger partial charge in [0.2, 0.25) is 0 Å². The number of nitrogens with two attached hydrogens (primary N) is 1. The number of carbonyl (C=O) groups excluding carboxylic acids is 2. The van der Waals surface area contributed by atoms with Gasteiger partial charge in [-0.25, -0.2) is 0 Å². The third kappa shape index (κ3) is 3.68. The summed E-state index contributed by atoms with van der Waals surface area (Å²) in [5, 5.41) is 12.5. The lowest BCUT2D eigenvalue weighted by molar-refractivity contribution is -0.112. The second kappa shape index (κ2) is 7.54. The number of thiophene rings is 1. The highest BCUT2D eigenvalue weighted by Crippen LogP contribution is 2.39. The van der Waals surface area contributed by atoms with E-state index in [4.69, 9.17) is 5.73 Å². The quantitative estimate of drug-likeness (QED) is 0.641. The summed E-state index contributed by atoms with van der Waals surface area (Å²) in [5.41, 5.74) is 7.64. The molecule has 5 nitrogen and oxygen atoms in total. The van der Waals surface area contributed by atoms with E-state index < -0.39 is 11.8 Å². The predicted octanol–water partition coefficient (Wildman–Crippen LogP) is 3.52. The molecule has 0 fully saturated rings. The average molecular weight is 365 g/mol. The Labute approximate surface area is 156 Å². The van der Waals surface area contributed by atoms with Gasteiger partial charge < -0.3 is 11.1 Å². The van der Waals surface area contributed by atoms with E-state index in [2.05, 4.69) is 12.2 Å². The number of nitrogens with one attached hydrogen (secondary N) is 1. The number of hydrogen-bond donors (Lipinski definition) is 2. The lowest BCUT2D eigenvalue weighted by Crippen LogP contribution is -2.19. The third-order valence-electron chi connectivity index (χ3n) is 4.46. The number of benzene rings is 1.